The molecule has 4 aliphatic carbocycles. The highest BCUT2D eigenvalue weighted by atomic mass is 16.7. The molecule has 16 nitrogen and oxygen atoms in total. The minimum atomic E-state index is -1.51. The topological polar surface area (TPSA) is 217 Å². The lowest BCUT2D eigenvalue weighted by Crippen LogP contribution is -2.64. The van der Waals surface area contributed by atoms with Gasteiger partial charge in [0.2, 0.25) is 0 Å². The molecule has 16 heteroatoms. The lowest BCUT2D eigenvalue weighted by atomic mass is 9.44. The van der Waals surface area contributed by atoms with Gasteiger partial charge in [-0.2, -0.15) is 5.10 Å². The molecule has 1 heterocycles. The van der Waals surface area contributed by atoms with Gasteiger partial charge in [0.15, 0.2) is 30.7 Å². The molecule has 53 heavy (non-hydrogen) atoms. The number of methoxy groups -OCH3 is 1. The average Bonchev–Trinajstić information content (AvgIpc) is 3.43. The number of amides is 2. The largest absolute Gasteiger partial charge is 0.467 e. The van der Waals surface area contributed by atoms with E-state index in [1.54, 1.807) is 0 Å². The van der Waals surface area contributed by atoms with Crippen molar-refractivity contribution >= 4 is 41.6 Å². The SMILES string of the molecule is COC(=O)[C@@H]1O[C@@H](O[C@@H]2CC[C@]3(C)[C@H](CC[C@H]4[C@H]5CC[C@@H](/C(COC(C)=O)=N\NC(N)=O)[C@@]5(C)CC[C@@H]43)C2)[C@H](OC(C)=O)[C@@H](OC(C)=O)[C@@H]1OC(C)=O. The molecule has 0 aromatic heterocycles. The predicted molar refractivity (Wildman–Crippen MR) is 184 cm³/mol. The third kappa shape index (κ3) is 8.48. The number of hydrogen-bond donors (Lipinski definition) is 2. The maximum atomic E-state index is 12.9. The molecular formula is C37H55N3O13. The first-order valence-corrected chi connectivity index (χ1v) is 18.6. The monoisotopic (exact) mass is 749 g/mol. The van der Waals surface area contributed by atoms with E-state index in [4.69, 9.17) is 38.9 Å². The van der Waals surface area contributed by atoms with E-state index in [9.17, 15) is 28.8 Å². The van der Waals surface area contributed by atoms with Crippen molar-refractivity contribution in [2.45, 2.75) is 136 Å². The summed E-state index contributed by atoms with van der Waals surface area (Å²) in [6.45, 7) is 9.55. The summed E-state index contributed by atoms with van der Waals surface area (Å²) in [5, 5.41) is 4.32. The van der Waals surface area contributed by atoms with Crippen LogP contribution in [0.4, 0.5) is 4.79 Å². The zero-order valence-electron chi connectivity index (χ0n) is 31.8. The minimum Gasteiger partial charge on any atom is -0.467 e. The lowest BCUT2D eigenvalue weighted by molar-refractivity contribution is -0.315. The molecule has 1 saturated heterocycles. The van der Waals surface area contributed by atoms with Crippen molar-refractivity contribution in [1.29, 1.82) is 0 Å². The van der Waals surface area contributed by atoms with Crippen molar-refractivity contribution in [1.82, 2.24) is 5.43 Å². The molecule has 13 atom stereocenters. The number of urea groups is 1. The summed E-state index contributed by atoms with van der Waals surface area (Å²) in [6, 6.07) is -0.768. The highest BCUT2D eigenvalue weighted by Crippen LogP contribution is 2.67. The minimum absolute atomic E-state index is 0.00723. The maximum absolute atomic E-state index is 12.9. The number of ether oxygens (including phenoxy) is 7. The van der Waals surface area contributed by atoms with Crippen molar-refractivity contribution < 1.29 is 61.9 Å². The molecule has 1 aliphatic heterocycles. The van der Waals surface area contributed by atoms with Crippen molar-refractivity contribution in [2.75, 3.05) is 13.7 Å². The number of nitrogens with two attached hydrogens (primary N) is 1. The molecule has 0 aromatic carbocycles. The summed E-state index contributed by atoms with van der Waals surface area (Å²) in [5.74, 6) is -1.71. The van der Waals surface area contributed by atoms with Gasteiger partial charge in [0.25, 0.3) is 0 Å². The Hall–Kier alpha value is -3.79. The standard InChI is InChI=1S/C37H55N3O13/c1-18(41)48-17-28(39-40-35(38)46)27-11-10-25-24-9-8-22-16-23(12-14-36(22,5)26(24)13-15-37(25,27)6)52-34-32(51-21(4)44)30(50-20(3)43)29(49-19(2)42)31(53-34)33(45)47-7/h22-27,29-32,34H,8-17H2,1-7H3,(H3,38,40,46)/b39-28-/t22-,23-,24+,25-,26+,27+,29+,30+,31-,32-,34-,36-,37+/m1/s1. The second-order valence-electron chi connectivity index (χ2n) is 15.9. The summed E-state index contributed by atoms with van der Waals surface area (Å²) in [6.07, 6.45) is 0.869. The summed E-state index contributed by atoms with van der Waals surface area (Å²) in [4.78, 5) is 72.7. The Morgan fingerprint density at radius 1 is 0.774 bits per heavy atom. The van der Waals surface area contributed by atoms with Crippen LogP contribution in [0, 0.1) is 40.4 Å². The second-order valence-corrected chi connectivity index (χ2v) is 15.9. The highest BCUT2D eigenvalue weighted by Gasteiger charge is 2.62. The number of fused-ring (bicyclic) bond motifs is 5. The molecule has 5 rings (SSSR count). The van der Waals surface area contributed by atoms with Crippen LogP contribution in [0.15, 0.2) is 5.10 Å². The summed E-state index contributed by atoms with van der Waals surface area (Å²) in [5.41, 5.74) is 8.29. The Labute approximate surface area is 309 Å². The van der Waals surface area contributed by atoms with E-state index in [1.165, 1.54) is 13.8 Å². The van der Waals surface area contributed by atoms with Crippen LogP contribution in [0.5, 0.6) is 0 Å². The van der Waals surface area contributed by atoms with Gasteiger partial charge in [0.05, 0.1) is 18.9 Å². The predicted octanol–water partition coefficient (Wildman–Crippen LogP) is 3.31. The smallest absolute Gasteiger partial charge is 0.339 e. The van der Waals surface area contributed by atoms with Crippen molar-refractivity contribution in [3.63, 3.8) is 0 Å². The van der Waals surface area contributed by atoms with Gasteiger partial charge in [0.1, 0.15) is 6.61 Å². The normalized spacial score (nSPS) is 39.2. The van der Waals surface area contributed by atoms with Crippen molar-refractivity contribution in [2.24, 2.45) is 51.3 Å². The summed E-state index contributed by atoms with van der Waals surface area (Å²) >= 11 is 0. The molecule has 4 saturated carbocycles. The number of hydrazone groups is 1. The van der Waals surface area contributed by atoms with Crippen molar-refractivity contribution in [3.05, 3.63) is 0 Å². The zero-order chi connectivity index (χ0) is 38.8. The Morgan fingerprint density at radius 2 is 1.40 bits per heavy atom. The number of nitrogens with zero attached hydrogens (tertiary/aromatic N) is 1. The van der Waals surface area contributed by atoms with Crippen LogP contribution in [-0.4, -0.2) is 92.1 Å². The van der Waals surface area contributed by atoms with Crippen LogP contribution in [0.2, 0.25) is 0 Å². The number of esters is 5. The molecule has 0 unspecified atom stereocenters. The molecule has 5 fully saturated rings. The molecule has 0 radical (unpaired) electrons. The van der Waals surface area contributed by atoms with E-state index in [1.807, 2.05) is 0 Å². The van der Waals surface area contributed by atoms with Gasteiger partial charge >= 0.3 is 35.9 Å². The van der Waals surface area contributed by atoms with Crippen LogP contribution in [0.25, 0.3) is 0 Å². The third-order valence-corrected chi connectivity index (χ3v) is 12.9. The van der Waals surface area contributed by atoms with E-state index >= 15 is 0 Å². The second kappa shape index (κ2) is 16.3. The van der Waals surface area contributed by atoms with Gasteiger partial charge in [-0.1, -0.05) is 13.8 Å². The van der Waals surface area contributed by atoms with Crippen LogP contribution >= 0.6 is 0 Å². The zero-order valence-corrected chi connectivity index (χ0v) is 31.8. The molecule has 0 aromatic rings. The number of carbonyl (C=O) groups excluding carboxylic acids is 6. The molecular weight excluding hydrogens is 694 g/mol. The number of rotatable bonds is 10. The quantitative estimate of drug-likeness (QED) is 0.108. The van der Waals surface area contributed by atoms with Crippen LogP contribution < -0.4 is 11.2 Å². The third-order valence-electron chi connectivity index (χ3n) is 12.9. The Morgan fingerprint density at radius 3 is 2.02 bits per heavy atom. The summed E-state index contributed by atoms with van der Waals surface area (Å²) < 4.78 is 39.4. The Kier molecular flexibility index (Phi) is 12.4. The number of primary amides is 1. The number of carbonyl (C=O) groups is 6. The van der Waals surface area contributed by atoms with Gasteiger partial charge in [-0.3, -0.25) is 19.2 Å². The molecule has 2 amide bonds. The number of hydrogen-bond acceptors (Lipinski definition) is 14. The molecule has 0 spiro atoms. The molecule has 0 bridgehead atoms. The molecule has 3 N–H and O–H groups in total. The molecule has 5 aliphatic rings. The number of nitrogens with one attached hydrogen (secondary N) is 1. The fourth-order valence-electron chi connectivity index (χ4n) is 10.8. The summed E-state index contributed by atoms with van der Waals surface area (Å²) in [7, 11) is 1.15. The van der Waals surface area contributed by atoms with Crippen LogP contribution in [0.1, 0.15) is 99.3 Å². The first-order chi connectivity index (χ1) is 25.0. The van der Waals surface area contributed by atoms with Crippen molar-refractivity contribution in [3.8, 4) is 0 Å². The Bertz CT molecular complexity index is 1470. The van der Waals surface area contributed by atoms with E-state index in [0.29, 0.717) is 42.2 Å². The molecule has 296 valence electrons. The van der Waals surface area contributed by atoms with Gasteiger partial charge in [-0.05, 0) is 92.3 Å². The maximum Gasteiger partial charge on any atom is 0.339 e. The van der Waals surface area contributed by atoms with E-state index in [2.05, 4.69) is 24.4 Å². The van der Waals surface area contributed by atoms with E-state index < -0.39 is 66.6 Å². The van der Waals surface area contributed by atoms with E-state index in [0.717, 1.165) is 65.9 Å². The van der Waals surface area contributed by atoms with Gasteiger partial charge in [-0.15, -0.1) is 0 Å². The fourth-order valence-corrected chi connectivity index (χ4v) is 10.8. The first-order valence-electron chi connectivity index (χ1n) is 18.6. The highest BCUT2D eigenvalue weighted by molar-refractivity contribution is 5.91. The van der Waals surface area contributed by atoms with Gasteiger partial charge in [-0.25, -0.2) is 15.0 Å². The van der Waals surface area contributed by atoms with Crippen LogP contribution in [-0.2, 0) is 57.1 Å². The first kappa shape index (κ1) is 40.4. The lowest BCUT2D eigenvalue weighted by Gasteiger charge is -2.61. The van der Waals surface area contributed by atoms with Gasteiger partial charge < -0.3 is 38.9 Å². The van der Waals surface area contributed by atoms with Crippen LogP contribution in [0.3, 0.4) is 0 Å². The van der Waals surface area contributed by atoms with E-state index in [-0.39, 0.29) is 29.5 Å². The fraction of sp³-hybridized carbons (Fsp3) is 0.811. The average molecular weight is 750 g/mol. The Balaban J connectivity index is 1.33. The van der Waals surface area contributed by atoms with Gasteiger partial charge in [0, 0.05) is 33.6 Å².